The summed E-state index contributed by atoms with van der Waals surface area (Å²) < 4.78 is 5.20. The molecule has 2 unspecified atom stereocenters. The van der Waals surface area contributed by atoms with Gasteiger partial charge < -0.3 is 10.5 Å². The summed E-state index contributed by atoms with van der Waals surface area (Å²) in [6.45, 7) is 5.73. The molecular weight excluding hydrogens is 138 g/mol. The highest BCUT2D eigenvalue weighted by molar-refractivity contribution is 4.76. The maximum atomic E-state index is 5.85. The number of methoxy groups -OCH3 is 1. The Morgan fingerprint density at radius 2 is 2.27 bits per heavy atom. The van der Waals surface area contributed by atoms with Crippen molar-refractivity contribution in [1.29, 1.82) is 0 Å². The Kier molecular flexibility index (Phi) is 6.18. The first-order chi connectivity index (χ1) is 5.26. The molecule has 0 amide bonds. The Morgan fingerprint density at radius 3 is 2.64 bits per heavy atom. The van der Waals surface area contributed by atoms with Crippen molar-refractivity contribution in [3.8, 4) is 0 Å². The van der Waals surface area contributed by atoms with Crippen LogP contribution in [0.25, 0.3) is 0 Å². The molecule has 0 spiro atoms. The Hall–Kier alpha value is -0.340. The second-order valence-electron chi connectivity index (χ2n) is 2.71. The highest BCUT2D eigenvalue weighted by Gasteiger charge is 2.13. The summed E-state index contributed by atoms with van der Waals surface area (Å²) in [4.78, 5) is 0. The average molecular weight is 157 g/mol. The maximum absolute atomic E-state index is 5.85. The van der Waals surface area contributed by atoms with E-state index < -0.39 is 0 Å². The molecule has 0 aromatic heterocycles. The van der Waals surface area contributed by atoms with E-state index in [4.69, 9.17) is 10.5 Å². The average Bonchev–Trinajstić information content (AvgIpc) is 2.03. The van der Waals surface area contributed by atoms with E-state index in [0.717, 1.165) is 19.3 Å². The van der Waals surface area contributed by atoms with Gasteiger partial charge in [-0.25, -0.2) is 0 Å². The molecule has 0 rings (SSSR count). The first-order valence-corrected chi connectivity index (χ1v) is 4.15. The van der Waals surface area contributed by atoms with Gasteiger partial charge in [0.25, 0.3) is 0 Å². The summed E-state index contributed by atoms with van der Waals surface area (Å²) in [5.41, 5.74) is 5.85. The van der Waals surface area contributed by atoms with E-state index in [-0.39, 0.29) is 12.1 Å². The zero-order valence-corrected chi connectivity index (χ0v) is 7.55. The topological polar surface area (TPSA) is 35.2 Å². The van der Waals surface area contributed by atoms with Gasteiger partial charge in [-0.3, -0.25) is 0 Å². The third kappa shape index (κ3) is 4.17. The standard InChI is InChI=1S/C9H19NO/c1-4-6-7-8(10)9(5-2)11-3/h4,8-9H,1,5-7,10H2,2-3H3. The summed E-state index contributed by atoms with van der Waals surface area (Å²) in [5, 5.41) is 0. The highest BCUT2D eigenvalue weighted by atomic mass is 16.5. The van der Waals surface area contributed by atoms with Crippen molar-refractivity contribution < 1.29 is 4.74 Å². The van der Waals surface area contributed by atoms with Gasteiger partial charge in [0.2, 0.25) is 0 Å². The molecule has 11 heavy (non-hydrogen) atoms. The molecule has 0 bridgehead atoms. The van der Waals surface area contributed by atoms with E-state index in [1.54, 1.807) is 7.11 Å². The van der Waals surface area contributed by atoms with E-state index in [1.165, 1.54) is 0 Å². The predicted octanol–water partition coefficient (Wildman–Crippen LogP) is 1.70. The van der Waals surface area contributed by atoms with Gasteiger partial charge in [-0.2, -0.15) is 0 Å². The lowest BCUT2D eigenvalue weighted by atomic mass is 10.0. The Morgan fingerprint density at radius 1 is 1.64 bits per heavy atom. The summed E-state index contributed by atoms with van der Waals surface area (Å²) in [5.74, 6) is 0. The Balaban J connectivity index is 3.59. The van der Waals surface area contributed by atoms with Gasteiger partial charge in [0, 0.05) is 13.2 Å². The SMILES string of the molecule is C=CCCC(N)C(CC)OC. The summed E-state index contributed by atoms with van der Waals surface area (Å²) >= 11 is 0. The molecule has 0 saturated heterocycles. The van der Waals surface area contributed by atoms with E-state index in [9.17, 15) is 0 Å². The van der Waals surface area contributed by atoms with Crippen LogP contribution in [-0.2, 0) is 4.74 Å². The number of ether oxygens (including phenoxy) is 1. The first-order valence-electron chi connectivity index (χ1n) is 4.15. The molecule has 0 aliphatic heterocycles. The zero-order chi connectivity index (χ0) is 8.69. The van der Waals surface area contributed by atoms with Crippen molar-refractivity contribution in [2.75, 3.05) is 7.11 Å². The molecule has 2 N–H and O–H groups in total. The molecule has 2 nitrogen and oxygen atoms in total. The minimum Gasteiger partial charge on any atom is -0.380 e. The fourth-order valence-electron chi connectivity index (χ4n) is 1.14. The predicted molar refractivity (Wildman–Crippen MR) is 48.5 cm³/mol. The van der Waals surface area contributed by atoms with Crippen LogP contribution in [0.2, 0.25) is 0 Å². The molecule has 0 aliphatic carbocycles. The highest BCUT2D eigenvalue weighted by Crippen LogP contribution is 2.06. The summed E-state index contributed by atoms with van der Waals surface area (Å²) in [6, 6.07) is 0.156. The molecule has 2 heteroatoms. The van der Waals surface area contributed by atoms with Crippen LogP contribution in [0.3, 0.4) is 0 Å². The molecule has 0 heterocycles. The van der Waals surface area contributed by atoms with Crippen LogP contribution in [0.5, 0.6) is 0 Å². The van der Waals surface area contributed by atoms with Gasteiger partial charge in [0.15, 0.2) is 0 Å². The van der Waals surface area contributed by atoms with Crippen molar-refractivity contribution in [1.82, 2.24) is 0 Å². The fraction of sp³-hybridized carbons (Fsp3) is 0.778. The number of rotatable bonds is 6. The molecule has 0 radical (unpaired) electrons. The van der Waals surface area contributed by atoms with Crippen LogP contribution in [0.4, 0.5) is 0 Å². The number of allylic oxidation sites excluding steroid dienone is 1. The first kappa shape index (κ1) is 10.7. The second kappa shape index (κ2) is 6.38. The second-order valence-corrected chi connectivity index (χ2v) is 2.71. The van der Waals surface area contributed by atoms with Gasteiger partial charge >= 0.3 is 0 Å². The lowest BCUT2D eigenvalue weighted by molar-refractivity contribution is 0.0751. The molecule has 0 aromatic rings. The van der Waals surface area contributed by atoms with Gasteiger partial charge in [-0.15, -0.1) is 6.58 Å². The number of nitrogens with two attached hydrogens (primary N) is 1. The summed E-state index contributed by atoms with van der Waals surface area (Å²) in [7, 11) is 1.71. The monoisotopic (exact) mass is 157 g/mol. The lowest BCUT2D eigenvalue weighted by Gasteiger charge is -2.20. The van der Waals surface area contributed by atoms with E-state index >= 15 is 0 Å². The van der Waals surface area contributed by atoms with Crippen LogP contribution in [0, 0.1) is 0 Å². The van der Waals surface area contributed by atoms with Crippen molar-refractivity contribution in [3.05, 3.63) is 12.7 Å². The van der Waals surface area contributed by atoms with Crippen molar-refractivity contribution in [2.45, 2.75) is 38.3 Å². The lowest BCUT2D eigenvalue weighted by Crippen LogP contribution is -2.35. The van der Waals surface area contributed by atoms with Gasteiger partial charge in [-0.05, 0) is 19.3 Å². The Bertz CT molecular complexity index is 99.7. The maximum Gasteiger partial charge on any atom is 0.0719 e. The molecule has 2 atom stereocenters. The number of hydrogen-bond acceptors (Lipinski definition) is 2. The number of hydrogen-bond donors (Lipinski definition) is 1. The van der Waals surface area contributed by atoms with Crippen molar-refractivity contribution in [3.63, 3.8) is 0 Å². The molecule has 66 valence electrons. The van der Waals surface area contributed by atoms with Crippen LogP contribution in [0.15, 0.2) is 12.7 Å². The molecule has 0 aromatic carbocycles. The Labute approximate surface area is 69.4 Å². The minimum absolute atomic E-state index is 0.156. The fourth-order valence-corrected chi connectivity index (χ4v) is 1.14. The van der Waals surface area contributed by atoms with Gasteiger partial charge in [0.1, 0.15) is 0 Å². The minimum atomic E-state index is 0.156. The molecule has 0 saturated carbocycles. The summed E-state index contributed by atoms with van der Waals surface area (Å²) in [6.07, 6.45) is 5.02. The van der Waals surface area contributed by atoms with Crippen LogP contribution < -0.4 is 5.73 Å². The quantitative estimate of drug-likeness (QED) is 0.596. The van der Waals surface area contributed by atoms with Crippen molar-refractivity contribution in [2.24, 2.45) is 5.73 Å². The van der Waals surface area contributed by atoms with Crippen molar-refractivity contribution >= 4 is 0 Å². The van der Waals surface area contributed by atoms with Gasteiger partial charge in [-0.1, -0.05) is 13.0 Å². The largest absolute Gasteiger partial charge is 0.380 e. The van der Waals surface area contributed by atoms with Gasteiger partial charge in [0.05, 0.1) is 6.10 Å². The molecular formula is C9H19NO. The van der Waals surface area contributed by atoms with E-state index in [0.29, 0.717) is 0 Å². The van der Waals surface area contributed by atoms with E-state index in [2.05, 4.69) is 13.5 Å². The third-order valence-corrected chi connectivity index (χ3v) is 1.89. The normalized spacial score (nSPS) is 15.9. The smallest absolute Gasteiger partial charge is 0.0719 e. The molecule has 0 fully saturated rings. The third-order valence-electron chi connectivity index (χ3n) is 1.89. The van der Waals surface area contributed by atoms with Crippen LogP contribution >= 0.6 is 0 Å². The molecule has 0 aliphatic rings. The van der Waals surface area contributed by atoms with E-state index in [1.807, 2.05) is 6.08 Å². The van der Waals surface area contributed by atoms with Crippen LogP contribution in [0.1, 0.15) is 26.2 Å². The van der Waals surface area contributed by atoms with Crippen LogP contribution in [-0.4, -0.2) is 19.3 Å². The zero-order valence-electron chi connectivity index (χ0n) is 7.55.